The molecule has 0 aliphatic heterocycles. The highest BCUT2D eigenvalue weighted by molar-refractivity contribution is 5.80. The van der Waals surface area contributed by atoms with E-state index in [4.69, 9.17) is 4.74 Å². The molecule has 1 atom stereocenters. The van der Waals surface area contributed by atoms with E-state index in [-0.39, 0.29) is 11.3 Å². The molecule has 3 heteroatoms. The quantitative estimate of drug-likeness (QED) is 0.714. The average molecular weight is 250 g/mol. The molecule has 0 aliphatic carbocycles. The van der Waals surface area contributed by atoms with Crippen molar-refractivity contribution < 1.29 is 14.6 Å². The number of phenolic OH excluding ortho intramolecular Hbond substituents is 1. The number of carbonyl (C=O) groups is 1. The zero-order valence-electron chi connectivity index (χ0n) is 11.2. The number of carbonyl (C=O) groups excluding carboxylic acids is 1. The molecule has 0 saturated carbocycles. The monoisotopic (exact) mass is 250 g/mol. The van der Waals surface area contributed by atoms with E-state index in [0.29, 0.717) is 24.6 Å². The fourth-order valence-corrected chi connectivity index (χ4v) is 1.86. The smallest absolute Gasteiger partial charge is 0.168 e. The number of para-hydroxylation sites is 1. The van der Waals surface area contributed by atoms with Crippen LogP contribution >= 0.6 is 0 Å². The maximum atomic E-state index is 10.7. The van der Waals surface area contributed by atoms with Gasteiger partial charge < -0.3 is 9.84 Å². The first-order chi connectivity index (χ1) is 8.72. The molecule has 0 radical (unpaired) electrons. The third-order valence-corrected chi connectivity index (χ3v) is 3.17. The number of hydrogen-bond acceptors (Lipinski definition) is 3. The number of benzene rings is 1. The van der Waals surface area contributed by atoms with Crippen LogP contribution in [0.4, 0.5) is 0 Å². The number of aldehydes is 1. The highest BCUT2D eigenvalue weighted by Crippen LogP contribution is 2.29. The number of phenols is 1. The normalized spacial score (nSPS) is 12.1. The number of hydrogen-bond donors (Lipinski definition) is 1. The summed E-state index contributed by atoms with van der Waals surface area (Å²) in [6, 6.07) is 4.98. The first kappa shape index (κ1) is 14.6. The summed E-state index contributed by atoms with van der Waals surface area (Å²) in [5.74, 6) is 0.844. The summed E-state index contributed by atoms with van der Waals surface area (Å²) in [4.78, 5) is 10.7. The van der Waals surface area contributed by atoms with Gasteiger partial charge in [-0.1, -0.05) is 39.2 Å². The van der Waals surface area contributed by atoms with Gasteiger partial charge in [-0.05, 0) is 24.5 Å². The van der Waals surface area contributed by atoms with E-state index < -0.39 is 0 Å². The van der Waals surface area contributed by atoms with Crippen molar-refractivity contribution in [1.29, 1.82) is 0 Å². The van der Waals surface area contributed by atoms with Crippen LogP contribution in [0.2, 0.25) is 0 Å². The summed E-state index contributed by atoms with van der Waals surface area (Å²) in [5, 5.41) is 9.79. The second-order valence-corrected chi connectivity index (χ2v) is 4.54. The molecule has 0 heterocycles. The largest absolute Gasteiger partial charge is 0.504 e. The van der Waals surface area contributed by atoms with Gasteiger partial charge in [-0.25, -0.2) is 0 Å². The second-order valence-electron chi connectivity index (χ2n) is 4.54. The van der Waals surface area contributed by atoms with Gasteiger partial charge in [0.05, 0.1) is 12.2 Å². The molecular formula is C15H22O3. The molecule has 3 nitrogen and oxygen atoms in total. The fraction of sp³-hybridized carbons (Fsp3) is 0.533. The number of aromatic hydroxyl groups is 1. The van der Waals surface area contributed by atoms with Crippen molar-refractivity contribution in [3.8, 4) is 11.5 Å². The molecule has 100 valence electrons. The van der Waals surface area contributed by atoms with Crippen LogP contribution in [0.15, 0.2) is 18.2 Å². The van der Waals surface area contributed by atoms with E-state index in [1.807, 2.05) is 0 Å². The van der Waals surface area contributed by atoms with Crippen molar-refractivity contribution in [3.05, 3.63) is 23.8 Å². The molecule has 0 amide bonds. The Balaban J connectivity index is 2.59. The summed E-state index contributed by atoms with van der Waals surface area (Å²) >= 11 is 0. The van der Waals surface area contributed by atoms with Gasteiger partial charge in [-0.2, -0.15) is 0 Å². The van der Waals surface area contributed by atoms with Crippen molar-refractivity contribution in [1.82, 2.24) is 0 Å². The van der Waals surface area contributed by atoms with Gasteiger partial charge in [-0.3, -0.25) is 4.79 Å². The van der Waals surface area contributed by atoms with E-state index in [2.05, 4.69) is 13.8 Å². The van der Waals surface area contributed by atoms with E-state index in [0.717, 1.165) is 12.8 Å². The Kier molecular flexibility index (Phi) is 6.26. The number of rotatable bonds is 8. The average Bonchev–Trinajstić information content (AvgIpc) is 2.40. The van der Waals surface area contributed by atoms with Crippen LogP contribution in [-0.2, 0) is 0 Å². The molecule has 1 N–H and O–H groups in total. The molecule has 1 unspecified atom stereocenters. The Morgan fingerprint density at radius 2 is 2.17 bits per heavy atom. The molecule has 1 rings (SSSR count). The lowest BCUT2D eigenvalue weighted by atomic mass is 10.0. The van der Waals surface area contributed by atoms with E-state index in [1.165, 1.54) is 12.8 Å². The number of unbranched alkanes of at least 4 members (excludes halogenated alkanes) is 1. The fourth-order valence-electron chi connectivity index (χ4n) is 1.86. The predicted octanol–water partition coefficient (Wildman–Crippen LogP) is 3.80. The maximum Gasteiger partial charge on any atom is 0.168 e. The summed E-state index contributed by atoms with van der Waals surface area (Å²) in [6.07, 6.45) is 5.22. The SMILES string of the molecule is CCCCC(CC)COc1cccc(C=O)c1O. The second kappa shape index (κ2) is 7.75. The maximum absolute atomic E-state index is 10.7. The first-order valence-electron chi connectivity index (χ1n) is 6.62. The lowest BCUT2D eigenvalue weighted by Gasteiger charge is -2.16. The lowest BCUT2D eigenvalue weighted by Crippen LogP contribution is -2.11. The summed E-state index contributed by atoms with van der Waals surface area (Å²) in [5.41, 5.74) is 0.272. The Morgan fingerprint density at radius 3 is 2.78 bits per heavy atom. The van der Waals surface area contributed by atoms with Gasteiger partial charge in [-0.15, -0.1) is 0 Å². The van der Waals surface area contributed by atoms with Crippen molar-refractivity contribution in [2.75, 3.05) is 6.61 Å². The van der Waals surface area contributed by atoms with Gasteiger partial charge >= 0.3 is 0 Å². The van der Waals surface area contributed by atoms with Crippen molar-refractivity contribution in [2.45, 2.75) is 39.5 Å². The van der Waals surface area contributed by atoms with Crippen LogP contribution in [0.5, 0.6) is 11.5 Å². The Morgan fingerprint density at radius 1 is 1.39 bits per heavy atom. The van der Waals surface area contributed by atoms with E-state index in [9.17, 15) is 9.90 Å². The zero-order chi connectivity index (χ0) is 13.4. The van der Waals surface area contributed by atoms with Crippen LogP contribution < -0.4 is 4.74 Å². The molecule has 0 aliphatic rings. The molecule has 1 aromatic rings. The zero-order valence-corrected chi connectivity index (χ0v) is 11.2. The summed E-state index contributed by atoms with van der Waals surface area (Å²) in [6.45, 7) is 4.91. The van der Waals surface area contributed by atoms with Gasteiger partial charge in [0, 0.05) is 0 Å². The van der Waals surface area contributed by atoms with Crippen molar-refractivity contribution >= 4 is 6.29 Å². The Labute approximate surface area is 109 Å². The minimum atomic E-state index is -0.0576. The Bertz CT molecular complexity index is 374. The molecule has 0 bridgehead atoms. The summed E-state index contributed by atoms with van der Waals surface area (Å²) < 4.78 is 5.62. The summed E-state index contributed by atoms with van der Waals surface area (Å²) in [7, 11) is 0. The standard InChI is InChI=1S/C15H22O3/c1-3-5-7-12(4-2)11-18-14-9-6-8-13(10-16)15(14)17/h6,8-10,12,17H,3-5,7,11H2,1-2H3. The minimum Gasteiger partial charge on any atom is -0.504 e. The van der Waals surface area contributed by atoms with Crippen molar-refractivity contribution in [2.24, 2.45) is 5.92 Å². The van der Waals surface area contributed by atoms with E-state index >= 15 is 0 Å². The highest BCUT2D eigenvalue weighted by Gasteiger charge is 2.11. The van der Waals surface area contributed by atoms with Crippen LogP contribution in [0, 0.1) is 5.92 Å². The van der Waals surface area contributed by atoms with Crippen LogP contribution in [0.1, 0.15) is 49.9 Å². The van der Waals surface area contributed by atoms with Crippen LogP contribution in [0.3, 0.4) is 0 Å². The topological polar surface area (TPSA) is 46.5 Å². The molecule has 18 heavy (non-hydrogen) atoms. The van der Waals surface area contributed by atoms with Gasteiger partial charge in [0.2, 0.25) is 0 Å². The van der Waals surface area contributed by atoms with Gasteiger partial charge in [0.1, 0.15) is 0 Å². The lowest BCUT2D eigenvalue weighted by molar-refractivity contribution is 0.112. The molecular weight excluding hydrogens is 228 g/mol. The molecule has 1 aromatic carbocycles. The van der Waals surface area contributed by atoms with E-state index in [1.54, 1.807) is 18.2 Å². The van der Waals surface area contributed by atoms with Gasteiger partial charge in [0.15, 0.2) is 17.8 Å². The number of ether oxygens (including phenoxy) is 1. The predicted molar refractivity (Wildman–Crippen MR) is 72.3 cm³/mol. The minimum absolute atomic E-state index is 0.0576. The van der Waals surface area contributed by atoms with Crippen LogP contribution in [0.25, 0.3) is 0 Å². The first-order valence-corrected chi connectivity index (χ1v) is 6.62. The molecule has 0 aromatic heterocycles. The molecule has 0 fully saturated rings. The third kappa shape index (κ3) is 4.06. The highest BCUT2D eigenvalue weighted by atomic mass is 16.5. The third-order valence-electron chi connectivity index (χ3n) is 3.17. The molecule has 0 spiro atoms. The Hall–Kier alpha value is -1.51. The molecule has 0 saturated heterocycles. The van der Waals surface area contributed by atoms with Crippen LogP contribution in [-0.4, -0.2) is 18.0 Å². The van der Waals surface area contributed by atoms with Crippen molar-refractivity contribution in [3.63, 3.8) is 0 Å². The van der Waals surface area contributed by atoms with Gasteiger partial charge in [0.25, 0.3) is 0 Å².